The second-order valence-electron chi connectivity index (χ2n) is 2.89. The van der Waals surface area contributed by atoms with Crippen LogP contribution < -0.4 is 11.1 Å². The highest BCUT2D eigenvalue weighted by atomic mass is 16.6. The molecule has 2 atom stereocenters. The maximum absolute atomic E-state index is 10.3. The smallest absolute Gasteiger partial charge is 0.404 e. The minimum Gasteiger partial charge on any atom is -0.446 e. The first-order chi connectivity index (χ1) is 4.79. The van der Waals surface area contributed by atoms with Gasteiger partial charge in [-0.15, -0.1) is 0 Å². The summed E-state index contributed by atoms with van der Waals surface area (Å²) in [4.78, 5) is 10.3. The van der Waals surface area contributed by atoms with E-state index >= 15 is 0 Å². The van der Waals surface area contributed by atoms with Gasteiger partial charge in [-0.2, -0.15) is 0 Å². The summed E-state index contributed by atoms with van der Waals surface area (Å²) in [5.41, 5.74) is 4.86. The normalized spacial score (nSPS) is 42.6. The van der Waals surface area contributed by atoms with Crippen molar-refractivity contribution >= 4 is 6.09 Å². The second-order valence-corrected chi connectivity index (χ2v) is 2.89. The third-order valence-electron chi connectivity index (χ3n) is 2.27. The van der Waals surface area contributed by atoms with Crippen LogP contribution >= 0.6 is 0 Å². The zero-order valence-corrected chi connectivity index (χ0v) is 5.54. The molecule has 1 heterocycles. The molecule has 56 valence electrons. The van der Waals surface area contributed by atoms with Crippen molar-refractivity contribution in [3.8, 4) is 0 Å². The lowest BCUT2D eigenvalue weighted by molar-refractivity contribution is 0.136. The number of hydrogen-bond donors (Lipinski definition) is 2. The van der Waals surface area contributed by atoms with Crippen LogP contribution in [0.4, 0.5) is 4.79 Å². The lowest BCUT2D eigenvalue weighted by atomic mass is 10.4. The van der Waals surface area contributed by atoms with Crippen molar-refractivity contribution in [2.75, 3.05) is 13.1 Å². The fourth-order valence-electron chi connectivity index (χ4n) is 1.67. The van der Waals surface area contributed by atoms with Crippen LogP contribution in [0.25, 0.3) is 0 Å². The number of fused-ring (bicyclic) bond motifs is 1. The van der Waals surface area contributed by atoms with E-state index in [2.05, 4.69) is 5.32 Å². The van der Waals surface area contributed by atoms with Gasteiger partial charge in [0.1, 0.15) is 6.10 Å². The minimum atomic E-state index is -0.639. The van der Waals surface area contributed by atoms with Crippen LogP contribution in [0.3, 0.4) is 0 Å². The van der Waals surface area contributed by atoms with Gasteiger partial charge >= 0.3 is 6.09 Å². The van der Waals surface area contributed by atoms with Crippen molar-refractivity contribution in [2.24, 2.45) is 17.6 Å². The number of nitrogens with two attached hydrogens (primary N) is 1. The highest BCUT2D eigenvalue weighted by molar-refractivity contribution is 5.65. The quantitative estimate of drug-likeness (QED) is 0.508. The van der Waals surface area contributed by atoms with Crippen molar-refractivity contribution in [1.29, 1.82) is 0 Å². The molecule has 0 spiro atoms. The Morgan fingerprint density at radius 3 is 2.60 bits per heavy atom. The predicted molar refractivity (Wildman–Crippen MR) is 34.3 cm³/mol. The van der Waals surface area contributed by atoms with Crippen LogP contribution in [0.1, 0.15) is 0 Å². The van der Waals surface area contributed by atoms with E-state index in [-0.39, 0.29) is 6.10 Å². The number of primary amides is 1. The molecule has 2 aliphatic rings. The molecule has 0 aromatic rings. The van der Waals surface area contributed by atoms with Gasteiger partial charge in [0.2, 0.25) is 0 Å². The third kappa shape index (κ3) is 0.759. The van der Waals surface area contributed by atoms with Gasteiger partial charge in [0.15, 0.2) is 0 Å². The summed E-state index contributed by atoms with van der Waals surface area (Å²) in [6.07, 6.45) is -0.516. The van der Waals surface area contributed by atoms with Crippen molar-refractivity contribution in [3.63, 3.8) is 0 Å². The second kappa shape index (κ2) is 1.85. The van der Waals surface area contributed by atoms with Crippen LogP contribution in [-0.4, -0.2) is 25.3 Å². The Bertz CT molecular complexity index is 161. The SMILES string of the molecule is NC(=O)OC1C2CNCC21. The zero-order chi connectivity index (χ0) is 7.14. The van der Waals surface area contributed by atoms with Gasteiger partial charge in [-0.25, -0.2) is 4.79 Å². The number of carbonyl (C=O) groups is 1. The molecule has 1 aliphatic heterocycles. The van der Waals surface area contributed by atoms with Crippen molar-refractivity contribution < 1.29 is 9.53 Å². The molecular formula is C6H10N2O2. The molecule has 1 saturated heterocycles. The lowest BCUT2D eigenvalue weighted by Crippen LogP contribution is -2.23. The van der Waals surface area contributed by atoms with Crippen LogP contribution in [0.5, 0.6) is 0 Å². The van der Waals surface area contributed by atoms with Crippen LogP contribution in [-0.2, 0) is 4.74 Å². The molecule has 0 aromatic carbocycles. The molecule has 3 N–H and O–H groups in total. The van der Waals surface area contributed by atoms with E-state index in [0.717, 1.165) is 13.1 Å². The van der Waals surface area contributed by atoms with Gasteiger partial charge < -0.3 is 15.8 Å². The summed E-state index contributed by atoms with van der Waals surface area (Å²) in [5, 5.41) is 3.19. The number of nitrogens with one attached hydrogen (secondary N) is 1. The highest BCUT2D eigenvalue weighted by Gasteiger charge is 2.55. The van der Waals surface area contributed by atoms with Crippen LogP contribution in [0.15, 0.2) is 0 Å². The Kier molecular flexibility index (Phi) is 1.11. The van der Waals surface area contributed by atoms with Gasteiger partial charge in [-0.3, -0.25) is 0 Å². The summed E-state index contributed by atoms with van der Waals surface area (Å²) in [5.74, 6) is 1.10. The fourth-order valence-corrected chi connectivity index (χ4v) is 1.67. The van der Waals surface area contributed by atoms with E-state index in [9.17, 15) is 4.79 Å². The van der Waals surface area contributed by atoms with Gasteiger partial charge in [-0.05, 0) is 0 Å². The molecule has 10 heavy (non-hydrogen) atoms. The average molecular weight is 142 g/mol. The summed E-state index contributed by atoms with van der Waals surface area (Å²) in [7, 11) is 0. The molecule has 2 fully saturated rings. The van der Waals surface area contributed by atoms with E-state index in [0.29, 0.717) is 11.8 Å². The van der Waals surface area contributed by atoms with Gasteiger partial charge in [0.25, 0.3) is 0 Å². The third-order valence-corrected chi connectivity index (χ3v) is 2.27. The maximum atomic E-state index is 10.3. The molecule has 2 unspecified atom stereocenters. The molecule has 1 amide bonds. The maximum Gasteiger partial charge on any atom is 0.404 e. The Balaban J connectivity index is 1.84. The highest BCUT2D eigenvalue weighted by Crippen LogP contribution is 2.44. The summed E-state index contributed by atoms with van der Waals surface area (Å²) in [6, 6.07) is 0. The first-order valence-corrected chi connectivity index (χ1v) is 3.46. The average Bonchev–Trinajstić information content (AvgIpc) is 2.40. The lowest BCUT2D eigenvalue weighted by Gasteiger charge is -2.02. The summed E-state index contributed by atoms with van der Waals surface area (Å²) >= 11 is 0. The fraction of sp³-hybridized carbons (Fsp3) is 0.833. The number of amides is 1. The van der Waals surface area contributed by atoms with Crippen molar-refractivity contribution in [2.45, 2.75) is 6.10 Å². The van der Waals surface area contributed by atoms with Gasteiger partial charge in [0, 0.05) is 24.9 Å². The van der Waals surface area contributed by atoms with E-state index in [1.54, 1.807) is 0 Å². The molecule has 1 aliphatic carbocycles. The molecular weight excluding hydrogens is 132 g/mol. The topological polar surface area (TPSA) is 64.4 Å². The first kappa shape index (κ1) is 5.97. The standard InChI is InChI=1S/C6H10N2O2/c7-6(9)10-5-3-1-8-2-4(3)5/h3-5,8H,1-2H2,(H2,7,9). The summed E-state index contributed by atoms with van der Waals surface area (Å²) in [6.45, 7) is 1.95. The Morgan fingerprint density at radius 1 is 1.50 bits per heavy atom. The number of hydrogen-bond acceptors (Lipinski definition) is 3. The molecule has 4 nitrogen and oxygen atoms in total. The molecule has 0 radical (unpaired) electrons. The number of piperidine rings is 1. The Hall–Kier alpha value is -0.770. The molecule has 0 bridgehead atoms. The van der Waals surface area contributed by atoms with Crippen molar-refractivity contribution in [3.05, 3.63) is 0 Å². The minimum absolute atomic E-state index is 0.124. The number of rotatable bonds is 1. The van der Waals surface area contributed by atoms with Crippen LogP contribution in [0.2, 0.25) is 0 Å². The molecule has 2 rings (SSSR count). The summed E-state index contributed by atoms with van der Waals surface area (Å²) < 4.78 is 4.83. The molecule has 4 heteroatoms. The van der Waals surface area contributed by atoms with E-state index in [1.165, 1.54) is 0 Å². The predicted octanol–water partition coefficient (Wildman–Crippen LogP) is -0.701. The molecule has 1 saturated carbocycles. The van der Waals surface area contributed by atoms with E-state index in [1.807, 2.05) is 0 Å². The Morgan fingerprint density at radius 2 is 2.10 bits per heavy atom. The monoisotopic (exact) mass is 142 g/mol. The molecule has 0 aromatic heterocycles. The van der Waals surface area contributed by atoms with E-state index in [4.69, 9.17) is 10.5 Å². The Labute approximate surface area is 58.7 Å². The van der Waals surface area contributed by atoms with Crippen LogP contribution in [0, 0.1) is 11.8 Å². The van der Waals surface area contributed by atoms with E-state index < -0.39 is 6.09 Å². The first-order valence-electron chi connectivity index (χ1n) is 3.46. The van der Waals surface area contributed by atoms with Gasteiger partial charge in [0.05, 0.1) is 0 Å². The van der Waals surface area contributed by atoms with Crippen molar-refractivity contribution in [1.82, 2.24) is 5.32 Å². The number of ether oxygens (including phenoxy) is 1. The number of carbonyl (C=O) groups excluding carboxylic acids is 1. The van der Waals surface area contributed by atoms with Gasteiger partial charge in [-0.1, -0.05) is 0 Å². The largest absolute Gasteiger partial charge is 0.446 e. The zero-order valence-electron chi connectivity index (χ0n) is 5.54.